The summed E-state index contributed by atoms with van der Waals surface area (Å²) in [7, 11) is 0. The molecule has 6 rings (SSSR count). The molecular formula is C32H39NO3. The highest BCUT2D eigenvalue weighted by molar-refractivity contribution is 5.75. The van der Waals surface area contributed by atoms with E-state index in [9.17, 15) is 9.90 Å². The van der Waals surface area contributed by atoms with Crippen molar-refractivity contribution in [2.75, 3.05) is 13.1 Å². The van der Waals surface area contributed by atoms with Gasteiger partial charge >= 0.3 is 5.97 Å². The quantitative estimate of drug-likeness (QED) is 0.436. The van der Waals surface area contributed by atoms with Gasteiger partial charge in [-0.25, -0.2) is 0 Å². The normalized spacial score (nSPS) is 34.8. The Morgan fingerprint density at radius 2 is 1.75 bits per heavy atom. The van der Waals surface area contributed by atoms with Gasteiger partial charge in [0.25, 0.3) is 0 Å². The number of nitrogens with zero attached hydrogens (tertiary/aromatic N) is 1. The Labute approximate surface area is 215 Å². The number of likely N-dealkylation sites (tertiary alicyclic amines) is 1. The lowest BCUT2D eigenvalue weighted by molar-refractivity contribution is -0.146. The Bertz CT molecular complexity index is 1080. The highest BCUT2D eigenvalue weighted by Gasteiger charge is 2.56. The van der Waals surface area contributed by atoms with Gasteiger partial charge in [0, 0.05) is 18.5 Å². The largest absolute Gasteiger partial charge is 0.462 e. The van der Waals surface area contributed by atoms with E-state index in [0.29, 0.717) is 12.5 Å². The summed E-state index contributed by atoms with van der Waals surface area (Å²) in [6, 6.07) is 20.0. The van der Waals surface area contributed by atoms with Gasteiger partial charge in [0.1, 0.15) is 11.7 Å². The molecule has 2 aliphatic heterocycles. The van der Waals surface area contributed by atoms with Crippen LogP contribution < -0.4 is 0 Å². The van der Waals surface area contributed by atoms with Gasteiger partial charge in [0.2, 0.25) is 0 Å². The molecule has 190 valence electrons. The van der Waals surface area contributed by atoms with Crippen molar-refractivity contribution in [3.8, 4) is 0 Å². The third-order valence-electron chi connectivity index (χ3n) is 10.0. The van der Waals surface area contributed by atoms with Crippen molar-refractivity contribution in [1.82, 2.24) is 4.90 Å². The van der Waals surface area contributed by atoms with Gasteiger partial charge in [0.15, 0.2) is 0 Å². The van der Waals surface area contributed by atoms with Crippen LogP contribution >= 0.6 is 0 Å². The van der Waals surface area contributed by atoms with E-state index < -0.39 is 5.60 Å². The molecule has 0 aromatic heterocycles. The monoisotopic (exact) mass is 485 g/mol. The van der Waals surface area contributed by atoms with Crippen LogP contribution in [0.1, 0.15) is 63.0 Å². The summed E-state index contributed by atoms with van der Waals surface area (Å²) >= 11 is 0. The fourth-order valence-corrected chi connectivity index (χ4v) is 8.17. The number of esters is 1. The van der Waals surface area contributed by atoms with E-state index >= 15 is 0 Å². The lowest BCUT2D eigenvalue weighted by Gasteiger charge is -2.50. The van der Waals surface area contributed by atoms with Gasteiger partial charge in [0.05, 0.1) is 5.92 Å². The molecule has 2 heterocycles. The molecule has 2 saturated carbocycles. The van der Waals surface area contributed by atoms with Gasteiger partial charge in [-0.1, -0.05) is 79.7 Å². The molecule has 1 N–H and O–H groups in total. The molecule has 0 unspecified atom stereocenters. The average molecular weight is 486 g/mol. The third kappa shape index (κ3) is 3.85. The Balaban J connectivity index is 1.29. The van der Waals surface area contributed by atoms with Gasteiger partial charge in [-0.05, 0) is 74.0 Å². The van der Waals surface area contributed by atoms with E-state index in [0.717, 1.165) is 49.8 Å². The molecule has 2 aromatic rings. The Kier molecular flexibility index (Phi) is 6.08. The smallest absolute Gasteiger partial charge is 0.310 e. The topological polar surface area (TPSA) is 49.8 Å². The maximum Gasteiger partial charge on any atom is 0.310 e. The van der Waals surface area contributed by atoms with Crippen molar-refractivity contribution in [3.05, 3.63) is 83.9 Å². The zero-order valence-electron chi connectivity index (χ0n) is 21.4. The maximum absolute atomic E-state index is 13.3. The molecule has 4 heteroatoms. The summed E-state index contributed by atoms with van der Waals surface area (Å²) in [5.74, 6) is 0.565. The minimum Gasteiger partial charge on any atom is -0.462 e. The van der Waals surface area contributed by atoms with Gasteiger partial charge in [-0.15, -0.1) is 0 Å². The first-order chi connectivity index (χ1) is 17.4. The molecule has 0 amide bonds. The van der Waals surface area contributed by atoms with Gasteiger partial charge in [-0.3, -0.25) is 9.69 Å². The summed E-state index contributed by atoms with van der Waals surface area (Å²) < 4.78 is 6.07. The number of rotatable bonds is 5. The molecule has 0 bridgehead atoms. The minimum absolute atomic E-state index is 0.0258. The van der Waals surface area contributed by atoms with Crippen molar-refractivity contribution in [1.29, 1.82) is 0 Å². The van der Waals surface area contributed by atoms with E-state index in [1.165, 1.54) is 18.4 Å². The van der Waals surface area contributed by atoms with Crippen LogP contribution in [0.2, 0.25) is 0 Å². The van der Waals surface area contributed by atoms with Crippen molar-refractivity contribution >= 4 is 5.97 Å². The number of hydrogen-bond acceptors (Lipinski definition) is 4. The summed E-state index contributed by atoms with van der Waals surface area (Å²) in [6.45, 7) is 8.38. The number of fused-ring (bicyclic) bond motifs is 2. The lowest BCUT2D eigenvalue weighted by atomic mass is 9.55. The number of aliphatic hydroxyl groups is 1. The van der Waals surface area contributed by atoms with Crippen LogP contribution in [-0.2, 0) is 15.1 Å². The van der Waals surface area contributed by atoms with Crippen molar-refractivity contribution in [2.45, 2.75) is 69.6 Å². The predicted molar refractivity (Wildman–Crippen MR) is 141 cm³/mol. The summed E-state index contributed by atoms with van der Waals surface area (Å²) in [6.07, 6.45) is 7.44. The Morgan fingerprint density at radius 3 is 2.42 bits per heavy atom. The van der Waals surface area contributed by atoms with Crippen LogP contribution in [0.15, 0.2) is 72.8 Å². The molecule has 0 spiro atoms. The number of carbonyl (C=O) groups excluding carboxylic acids is 1. The molecule has 4 aliphatic rings. The highest BCUT2D eigenvalue weighted by atomic mass is 16.6. The molecule has 2 aliphatic carbocycles. The van der Waals surface area contributed by atoms with Crippen LogP contribution in [0, 0.1) is 23.2 Å². The Morgan fingerprint density at radius 1 is 1.08 bits per heavy atom. The molecule has 4 fully saturated rings. The van der Waals surface area contributed by atoms with Crippen molar-refractivity contribution in [3.63, 3.8) is 0 Å². The second kappa shape index (κ2) is 9.15. The second-order valence-corrected chi connectivity index (χ2v) is 12.1. The molecule has 0 radical (unpaired) electrons. The first kappa shape index (κ1) is 23.9. The van der Waals surface area contributed by atoms with Gasteiger partial charge < -0.3 is 9.84 Å². The number of ether oxygens (including phenoxy) is 1. The highest BCUT2D eigenvalue weighted by Crippen LogP contribution is 2.57. The molecule has 6 atom stereocenters. The van der Waals surface area contributed by atoms with Gasteiger partial charge in [-0.2, -0.15) is 0 Å². The number of hydrogen-bond donors (Lipinski definition) is 1. The minimum atomic E-state index is -1.14. The van der Waals surface area contributed by atoms with Crippen LogP contribution in [0.3, 0.4) is 0 Å². The first-order valence-corrected chi connectivity index (χ1v) is 13.9. The fraction of sp³-hybridized carbons (Fsp3) is 0.531. The number of allylic oxidation sites excluding steroid dienone is 1. The lowest BCUT2D eigenvalue weighted by Crippen LogP contribution is -2.51. The summed E-state index contributed by atoms with van der Waals surface area (Å²) in [5.41, 5.74) is 2.27. The second-order valence-electron chi connectivity index (χ2n) is 12.1. The van der Waals surface area contributed by atoms with Crippen LogP contribution in [-0.4, -0.2) is 41.2 Å². The summed E-state index contributed by atoms with van der Waals surface area (Å²) in [5, 5.41) is 12.4. The van der Waals surface area contributed by atoms with Crippen LogP contribution in [0.4, 0.5) is 0 Å². The zero-order valence-corrected chi connectivity index (χ0v) is 21.4. The third-order valence-corrected chi connectivity index (χ3v) is 10.0. The maximum atomic E-state index is 13.3. The molecule has 36 heavy (non-hydrogen) atoms. The molecular weight excluding hydrogens is 446 g/mol. The SMILES string of the molecule is C=C1CCC[C@]2(C)C[C@H]3OC(=O)[C@@H](CN4CCC[C@@H]4C(O)(c4ccccc4)c4ccccc4)[C@@H]3C[C@@H]12. The molecule has 2 saturated heterocycles. The van der Waals surface area contributed by atoms with E-state index in [-0.39, 0.29) is 35.4 Å². The predicted octanol–water partition coefficient (Wildman–Crippen LogP) is 5.70. The Hall–Kier alpha value is -2.43. The summed E-state index contributed by atoms with van der Waals surface area (Å²) in [4.78, 5) is 15.7. The van der Waals surface area contributed by atoms with E-state index in [1.54, 1.807) is 0 Å². The number of carbonyl (C=O) groups is 1. The van der Waals surface area contributed by atoms with E-state index in [2.05, 4.69) is 18.4 Å². The van der Waals surface area contributed by atoms with E-state index in [4.69, 9.17) is 4.74 Å². The fourth-order valence-electron chi connectivity index (χ4n) is 8.17. The zero-order chi connectivity index (χ0) is 24.9. The molecule has 2 aromatic carbocycles. The van der Waals surface area contributed by atoms with E-state index in [1.807, 2.05) is 60.7 Å². The van der Waals surface area contributed by atoms with Crippen LogP contribution in [0.25, 0.3) is 0 Å². The standard InChI is InChI=1S/C32H39NO3/c1-22-11-9-17-31(2)20-28-25(19-27(22)31)26(30(34)36-28)21-33-18-10-16-29(33)32(35,23-12-5-3-6-13-23)24-14-7-4-8-15-24/h3-8,12-15,25-29,35H,1,9-11,16-21H2,2H3/t25-,26-,27-,28+,29+,31+/m0/s1. The average Bonchev–Trinajstić information content (AvgIpc) is 3.47. The van der Waals surface area contributed by atoms with Crippen LogP contribution in [0.5, 0.6) is 0 Å². The van der Waals surface area contributed by atoms with Crippen molar-refractivity contribution < 1.29 is 14.6 Å². The molecule has 4 nitrogen and oxygen atoms in total. The number of benzene rings is 2. The van der Waals surface area contributed by atoms with Crippen molar-refractivity contribution in [2.24, 2.45) is 23.2 Å². The first-order valence-electron chi connectivity index (χ1n) is 13.9.